The van der Waals surface area contributed by atoms with Crippen LogP contribution >= 0.6 is 0 Å². The third-order valence-corrected chi connectivity index (χ3v) is 4.62. The van der Waals surface area contributed by atoms with E-state index >= 15 is 0 Å². The van der Waals surface area contributed by atoms with Gasteiger partial charge in [0.1, 0.15) is 0 Å². The molecule has 2 N–H and O–H groups in total. The van der Waals surface area contributed by atoms with Crippen LogP contribution in [-0.2, 0) is 0 Å². The fraction of sp³-hybridized carbons (Fsp3) is 1.00. The molecule has 5 atom stereocenters. The Hall–Kier alpha value is 1.36. The third kappa shape index (κ3) is 4.73. The molecule has 1 aliphatic rings. The van der Waals surface area contributed by atoms with E-state index in [9.17, 15) is 5.11 Å². The van der Waals surface area contributed by atoms with Gasteiger partial charge in [-0.15, -0.1) is 6.04 Å². The standard InChI is InChI=1S/C15H30NO.Ac/c1-5-7-12(8-6-2)14(16)13-10(3)9-11(4)15(13)17;/h10-17H,5-9H2,1-4H3;/q-1;. The molecule has 0 aromatic rings. The van der Waals surface area contributed by atoms with Crippen LogP contribution in [0.4, 0.5) is 0 Å². The molecule has 2 nitrogen and oxygen atoms in total. The smallest absolute Gasteiger partial charge is 0.0582 e. The van der Waals surface area contributed by atoms with E-state index in [-0.39, 0.29) is 62.1 Å². The van der Waals surface area contributed by atoms with Gasteiger partial charge in [-0.25, -0.2) is 0 Å². The Morgan fingerprint density at radius 1 is 1.11 bits per heavy atom. The van der Waals surface area contributed by atoms with Crippen LogP contribution in [-0.4, -0.2) is 17.3 Å². The second-order valence-corrected chi connectivity index (χ2v) is 6.12. The van der Waals surface area contributed by atoms with Gasteiger partial charge < -0.3 is 10.8 Å². The van der Waals surface area contributed by atoms with Crippen molar-refractivity contribution in [2.75, 3.05) is 0 Å². The summed E-state index contributed by atoms with van der Waals surface area (Å²) in [5.41, 5.74) is 8.52. The van der Waals surface area contributed by atoms with Crippen LogP contribution in [0.2, 0.25) is 0 Å². The molecule has 0 heterocycles. The minimum absolute atomic E-state index is 0. The summed E-state index contributed by atoms with van der Waals surface area (Å²) in [7, 11) is 0. The van der Waals surface area contributed by atoms with Crippen molar-refractivity contribution < 1.29 is 49.2 Å². The summed E-state index contributed by atoms with van der Waals surface area (Å²) >= 11 is 0. The molecule has 0 amide bonds. The van der Waals surface area contributed by atoms with Crippen molar-refractivity contribution in [1.82, 2.24) is 0 Å². The second-order valence-electron chi connectivity index (χ2n) is 6.12. The van der Waals surface area contributed by atoms with Gasteiger partial charge in [-0.1, -0.05) is 59.3 Å². The zero-order chi connectivity index (χ0) is 13.0. The summed E-state index contributed by atoms with van der Waals surface area (Å²) in [5.74, 6) is 1.58. The maximum Gasteiger partial charge on any atom is 0.0582 e. The van der Waals surface area contributed by atoms with Crippen LogP contribution in [0.15, 0.2) is 0 Å². The Bertz CT molecular complexity index is 219. The Kier molecular flexibility index (Phi) is 10.0. The molecule has 105 valence electrons. The molecule has 0 saturated heterocycles. The van der Waals surface area contributed by atoms with Crippen LogP contribution in [0.5, 0.6) is 0 Å². The average molecular weight is 467 g/mol. The van der Waals surface area contributed by atoms with Crippen molar-refractivity contribution >= 4 is 0 Å². The van der Waals surface area contributed by atoms with E-state index in [0.29, 0.717) is 17.8 Å². The molecule has 0 aromatic carbocycles. The van der Waals surface area contributed by atoms with E-state index in [4.69, 9.17) is 5.73 Å². The summed E-state index contributed by atoms with van der Waals surface area (Å²) in [6.45, 7) is 8.75. The Balaban J connectivity index is 0.00000289. The molecule has 3 heteroatoms. The normalized spacial score (nSPS) is 33.5. The molecule has 1 radical (unpaired) electrons. The van der Waals surface area contributed by atoms with Crippen LogP contribution in [0.25, 0.3) is 5.73 Å². The minimum atomic E-state index is -0.247. The van der Waals surface area contributed by atoms with Crippen molar-refractivity contribution in [2.24, 2.45) is 23.7 Å². The fourth-order valence-corrected chi connectivity index (χ4v) is 3.72. The molecule has 1 fully saturated rings. The molecule has 0 bridgehead atoms. The number of aliphatic hydroxyl groups excluding tert-OH is 1. The monoisotopic (exact) mass is 467 g/mol. The first-order chi connectivity index (χ1) is 8.02. The average Bonchev–Trinajstić information content (AvgIpc) is 2.52. The first-order valence-corrected chi connectivity index (χ1v) is 7.42. The minimum Gasteiger partial charge on any atom is -0.674 e. The maximum atomic E-state index is 10.3. The number of nitrogens with one attached hydrogen (secondary N) is 1. The van der Waals surface area contributed by atoms with E-state index in [2.05, 4.69) is 27.7 Å². The van der Waals surface area contributed by atoms with E-state index in [1.165, 1.54) is 0 Å². The van der Waals surface area contributed by atoms with Crippen molar-refractivity contribution in [3.05, 3.63) is 5.73 Å². The zero-order valence-corrected chi connectivity index (χ0v) is 17.3. The van der Waals surface area contributed by atoms with Gasteiger partial charge in [0, 0.05) is 44.1 Å². The topological polar surface area (TPSA) is 44.0 Å². The van der Waals surface area contributed by atoms with Gasteiger partial charge in [0.2, 0.25) is 0 Å². The molecule has 1 aliphatic carbocycles. The van der Waals surface area contributed by atoms with Crippen LogP contribution < -0.4 is 0 Å². The molecule has 5 unspecified atom stereocenters. The van der Waals surface area contributed by atoms with E-state index < -0.39 is 0 Å². The molecule has 1 rings (SSSR count). The number of aliphatic hydroxyl groups is 1. The first-order valence-electron chi connectivity index (χ1n) is 7.42. The number of hydrogen-bond donors (Lipinski definition) is 1. The third-order valence-electron chi connectivity index (χ3n) is 4.62. The Labute approximate surface area is 149 Å². The Morgan fingerprint density at radius 2 is 1.61 bits per heavy atom. The zero-order valence-electron chi connectivity index (χ0n) is 12.5. The fourth-order valence-electron chi connectivity index (χ4n) is 3.72. The van der Waals surface area contributed by atoms with E-state index in [1.54, 1.807) is 0 Å². The molecule has 0 spiro atoms. The van der Waals surface area contributed by atoms with Gasteiger partial charge in [-0.2, -0.15) is 0 Å². The van der Waals surface area contributed by atoms with Gasteiger partial charge in [-0.3, -0.25) is 0 Å². The molecular formula is C15H30AcNO-. The van der Waals surface area contributed by atoms with Crippen LogP contribution in [0, 0.1) is 67.7 Å². The molecule has 0 aromatic heterocycles. The molecule has 1 saturated carbocycles. The predicted octanol–water partition coefficient (Wildman–Crippen LogP) is 4.28. The molecule has 0 aliphatic heterocycles. The number of hydrogen-bond acceptors (Lipinski definition) is 1. The summed E-state index contributed by atoms with van der Waals surface area (Å²) in [5, 5.41) is 10.3. The summed E-state index contributed by atoms with van der Waals surface area (Å²) in [6, 6.07) is -0.0650. The van der Waals surface area contributed by atoms with Gasteiger partial charge >= 0.3 is 0 Å². The van der Waals surface area contributed by atoms with Crippen molar-refractivity contribution in [2.45, 2.75) is 71.9 Å². The second kappa shape index (κ2) is 9.33. The van der Waals surface area contributed by atoms with Gasteiger partial charge in [0.25, 0.3) is 0 Å². The number of rotatable bonds is 6. The van der Waals surface area contributed by atoms with Gasteiger partial charge in [-0.05, 0) is 24.2 Å². The van der Waals surface area contributed by atoms with Crippen LogP contribution in [0.3, 0.4) is 0 Å². The van der Waals surface area contributed by atoms with Crippen molar-refractivity contribution in [3.8, 4) is 0 Å². The van der Waals surface area contributed by atoms with Gasteiger partial charge in [0.05, 0.1) is 6.10 Å². The van der Waals surface area contributed by atoms with Crippen LogP contribution in [0.1, 0.15) is 59.8 Å². The summed E-state index contributed by atoms with van der Waals surface area (Å²) in [4.78, 5) is 0. The predicted molar refractivity (Wildman–Crippen MR) is 73.9 cm³/mol. The SMILES string of the molecule is CCCC(CCC)C([NH-])C1C(C)CC(C)C1O.[Ac]. The summed E-state index contributed by atoms with van der Waals surface area (Å²) < 4.78 is 0. The van der Waals surface area contributed by atoms with E-state index in [1.807, 2.05) is 0 Å². The Morgan fingerprint density at radius 3 is 1.94 bits per heavy atom. The molecular weight excluding hydrogens is 437 g/mol. The largest absolute Gasteiger partial charge is 0.674 e. The quantitative estimate of drug-likeness (QED) is 0.623. The van der Waals surface area contributed by atoms with Crippen molar-refractivity contribution in [3.63, 3.8) is 0 Å². The van der Waals surface area contributed by atoms with Crippen molar-refractivity contribution in [1.29, 1.82) is 0 Å². The summed E-state index contributed by atoms with van der Waals surface area (Å²) in [6.07, 6.45) is 5.45. The first kappa shape index (κ1) is 19.4. The molecule has 18 heavy (non-hydrogen) atoms. The maximum absolute atomic E-state index is 10.3. The van der Waals surface area contributed by atoms with Gasteiger partial charge in [0.15, 0.2) is 0 Å². The van der Waals surface area contributed by atoms with E-state index in [0.717, 1.165) is 32.1 Å².